The molecule has 0 unspecified atom stereocenters. The Balaban J connectivity index is 1.51. The number of hydrogen-bond donors (Lipinski definition) is 1. The molecule has 1 aliphatic heterocycles. The summed E-state index contributed by atoms with van der Waals surface area (Å²) in [6.07, 6.45) is 6.96. The third kappa shape index (κ3) is 3.87. The van der Waals surface area contributed by atoms with Crippen molar-refractivity contribution in [2.75, 3.05) is 26.2 Å². The predicted octanol–water partition coefficient (Wildman–Crippen LogP) is 2.84. The van der Waals surface area contributed by atoms with Gasteiger partial charge in [0.25, 0.3) is 0 Å². The first-order valence-corrected chi connectivity index (χ1v) is 8.51. The summed E-state index contributed by atoms with van der Waals surface area (Å²) in [4.78, 5) is 16.2. The highest BCUT2D eigenvalue weighted by Crippen LogP contribution is 2.23. The van der Waals surface area contributed by atoms with Gasteiger partial charge in [0.05, 0.1) is 5.56 Å². The van der Waals surface area contributed by atoms with Crippen molar-refractivity contribution in [3.8, 4) is 0 Å². The van der Waals surface area contributed by atoms with E-state index in [-0.39, 0.29) is 0 Å². The molecule has 0 radical (unpaired) electrons. The van der Waals surface area contributed by atoms with Crippen molar-refractivity contribution >= 4 is 5.97 Å². The maximum Gasteiger partial charge on any atom is 0.335 e. The molecule has 1 aliphatic carbocycles. The Kier molecular flexibility index (Phi) is 5.11. The Morgan fingerprint density at radius 2 is 1.82 bits per heavy atom. The van der Waals surface area contributed by atoms with Crippen LogP contribution in [0.15, 0.2) is 24.3 Å². The number of hydrogen-bond acceptors (Lipinski definition) is 3. The minimum atomic E-state index is -0.844. The number of rotatable bonds is 4. The van der Waals surface area contributed by atoms with Crippen LogP contribution in [0, 0.1) is 0 Å². The molecule has 120 valence electrons. The van der Waals surface area contributed by atoms with E-state index >= 15 is 0 Å². The first-order valence-electron chi connectivity index (χ1n) is 8.51. The quantitative estimate of drug-likeness (QED) is 0.929. The highest BCUT2D eigenvalue weighted by atomic mass is 16.4. The summed E-state index contributed by atoms with van der Waals surface area (Å²) in [6, 6.07) is 8.14. The van der Waals surface area contributed by atoms with Gasteiger partial charge in [0, 0.05) is 38.8 Å². The van der Waals surface area contributed by atoms with E-state index < -0.39 is 5.97 Å². The summed E-state index contributed by atoms with van der Waals surface area (Å²) in [6.45, 7) is 5.35. The summed E-state index contributed by atoms with van der Waals surface area (Å²) < 4.78 is 0. The fraction of sp³-hybridized carbons (Fsp3) is 0.611. The molecule has 2 aliphatic rings. The Labute approximate surface area is 132 Å². The maximum absolute atomic E-state index is 11.0. The lowest BCUT2D eigenvalue weighted by atomic mass is 9.94. The summed E-state index contributed by atoms with van der Waals surface area (Å²) in [7, 11) is 0. The van der Waals surface area contributed by atoms with Gasteiger partial charge in [-0.3, -0.25) is 9.80 Å². The van der Waals surface area contributed by atoms with Crippen LogP contribution >= 0.6 is 0 Å². The van der Waals surface area contributed by atoms with Gasteiger partial charge in [-0.1, -0.05) is 31.4 Å². The molecule has 4 nitrogen and oxygen atoms in total. The van der Waals surface area contributed by atoms with Crippen LogP contribution < -0.4 is 0 Å². The Hall–Kier alpha value is -1.39. The van der Waals surface area contributed by atoms with Crippen LogP contribution in [0.4, 0.5) is 0 Å². The molecule has 0 amide bonds. The van der Waals surface area contributed by atoms with Crippen LogP contribution in [-0.4, -0.2) is 53.1 Å². The normalized spacial score (nSPS) is 21.8. The fourth-order valence-electron chi connectivity index (χ4n) is 3.79. The first-order chi connectivity index (χ1) is 10.7. The van der Waals surface area contributed by atoms with Gasteiger partial charge >= 0.3 is 5.97 Å². The van der Waals surface area contributed by atoms with E-state index in [4.69, 9.17) is 5.11 Å². The van der Waals surface area contributed by atoms with E-state index in [1.54, 1.807) is 12.1 Å². The van der Waals surface area contributed by atoms with Crippen LogP contribution in [0.25, 0.3) is 0 Å². The lowest BCUT2D eigenvalue weighted by molar-refractivity contribution is 0.0695. The molecule has 0 aromatic heterocycles. The van der Waals surface area contributed by atoms with E-state index in [9.17, 15) is 4.79 Å². The molecule has 1 saturated carbocycles. The molecule has 1 heterocycles. The van der Waals surface area contributed by atoms with Crippen LogP contribution in [0.3, 0.4) is 0 Å². The highest BCUT2D eigenvalue weighted by Gasteiger charge is 2.25. The third-order valence-electron chi connectivity index (χ3n) is 5.08. The number of carboxylic acid groups (broad SMARTS) is 1. The van der Waals surface area contributed by atoms with Gasteiger partial charge in [-0.05, 0) is 30.5 Å². The van der Waals surface area contributed by atoms with Gasteiger partial charge < -0.3 is 5.11 Å². The Bertz CT molecular complexity index is 504. The molecule has 0 bridgehead atoms. The molecule has 4 heteroatoms. The average Bonchev–Trinajstić information content (AvgIpc) is 2.56. The summed E-state index contributed by atoms with van der Waals surface area (Å²) in [5.41, 5.74) is 1.49. The fourth-order valence-corrected chi connectivity index (χ4v) is 3.79. The van der Waals surface area contributed by atoms with Crippen LogP contribution in [-0.2, 0) is 6.54 Å². The number of carbonyl (C=O) groups is 1. The zero-order chi connectivity index (χ0) is 15.4. The molecule has 1 aromatic carbocycles. The molecule has 1 N–H and O–H groups in total. The van der Waals surface area contributed by atoms with E-state index in [2.05, 4.69) is 9.80 Å². The first kappa shape index (κ1) is 15.5. The summed E-state index contributed by atoms with van der Waals surface area (Å²) >= 11 is 0. The highest BCUT2D eigenvalue weighted by molar-refractivity contribution is 5.87. The van der Waals surface area contributed by atoms with Crippen molar-refractivity contribution in [1.82, 2.24) is 9.80 Å². The number of piperazine rings is 1. The van der Waals surface area contributed by atoms with Gasteiger partial charge in [0.15, 0.2) is 0 Å². The molecule has 1 aromatic rings. The van der Waals surface area contributed by atoms with E-state index in [1.165, 1.54) is 32.1 Å². The summed E-state index contributed by atoms with van der Waals surface area (Å²) in [5.74, 6) is -0.844. The van der Waals surface area contributed by atoms with Crippen molar-refractivity contribution in [3.63, 3.8) is 0 Å². The lowest BCUT2D eigenvalue weighted by Crippen LogP contribution is -2.50. The molecular weight excluding hydrogens is 276 g/mol. The molecule has 3 rings (SSSR count). The van der Waals surface area contributed by atoms with Gasteiger partial charge in [-0.2, -0.15) is 0 Å². The van der Waals surface area contributed by atoms with Crippen molar-refractivity contribution < 1.29 is 9.90 Å². The number of benzene rings is 1. The van der Waals surface area contributed by atoms with E-state index in [0.717, 1.165) is 44.3 Å². The molecule has 0 spiro atoms. The standard InChI is InChI=1S/C18H26N2O2/c21-18(22)16-6-4-5-15(13-16)14-19-9-11-20(12-10-19)17-7-2-1-3-8-17/h4-6,13,17H,1-3,7-12,14H2,(H,21,22). The SMILES string of the molecule is O=C(O)c1cccc(CN2CCN(C3CCCCC3)CC2)c1. The van der Waals surface area contributed by atoms with Crippen molar-refractivity contribution in [2.45, 2.75) is 44.7 Å². The second-order valence-electron chi connectivity index (χ2n) is 6.61. The average molecular weight is 302 g/mol. The topological polar surface area (TPSA) is 43.8 Å². The second-order valence-corrected chi connectivity index (χ2v) is 6.61. The van der Waals surface area contributed by atoms with Crippen LogP contribution in [0.5, 0.6) is 0 Å². The number of carboxylic acids is 1. The monoisotopic (exact) mass is 302 g/mol. The largest absolute Gasteiger partial charge is 0.478 e. The molecular formula is C18H26N2O2. The Morgan fingerprint density at radius 1 is 1.09 bits per heavy atom. The molecule has 22 heavy (non-hydrogen) atoms. The van der Waals surface area contributed by atoms with E-state index in [0.29, 0.717) is 5.56 Å². The van der Waals surface area contributed by atoms with Crippen molar-refractivity contribution in [2.24, 2.45) is 0 Å². The minimum Gasteiger partial charge on any atom is -0.478 e. The molecule has 1 saturated heterocycles. The van der Waals surface area contributed by atoms with Gasteiger partial charge in [-0.25, -0.2) is 4.79 Å². The third-order valence-corrected chi connectivity index (χ3v) is 5.08. The maximum atomic E-state index is 11.0. The van der Waals surface area contributed by atoms with Crippen LogP contribution in [0.1, 0.15) is 48.0 Å². The van der Waals surface area contributed by atoms with Crippen LogP contribution in [0.2, 0.25) is 0 Å². The zero-order valence-electron chi connectivity index (χ0n) is 13.2. The van der Waals surface area contributed by atoms with Gasteiger partial charge in [-0.15, -0.1) is 0 Å². The molecule has 0 atom stereocenters. The van der Waals surface area contributed by atoms with Gasteiger partial charge in [0.1, 0.15) is 0 Å². The van der Waals surface area contributed by atoms with Crippen molar-refractivity contribution in [3.05, 3.63) is 35.4 Å². The number of nitrogens with zero attached hydrogens (tertiary/aromatic N) is 2. The number of aromatic carboxylic acids is 1. The predicted molar refractivity (Wildman–Crippen MR) is 87.1 cm³/mol. The van der Waals surface area contributed by atoms with Gasteiger partial charge in [0.2, 0.25) is 0 Å². The Morgan fingerprint density at radius 3 is 2.50 bits per heavy atom. The smallest absolute Gasteiger partial charge is 0.335 e. The summed E-state index contributed by atoms with van der Waals surface area (Å²) in [5, 5.41) is 9.07. The minimum absolute atomic E-state index is 0.387. The second kappa shape index (κ2) is 7.25. The van der Waals surface area contributed by atoms with Crippen molar-refractivity contribution in [1.29, 1.82) is 0 Å². The lowest BCUT2D eigenvalue weighted by Gasteiger charge is -2.40. The zero-order valence-corrected chi connectivity index (χ0v) is 13.2. The molecule has 2 fully saturated rings. The van der Waals surface area contributed by atoms with E-state index in [1.807, 2.05) is 12.1 Å².